The molecule has 8 heteroatoms. The molecule has 1 amide bonds. The van der Waals surface area contributed by atoms with Crippen molar-refractivity contribution in [1.29, 1.82) is 0 Å². The molecule has 0 bridgehead atoms. The molecule has 0 aliphatic carbocycles. The van der Waals surface area contributed by atoms with Gasteiger partial charge in [-0.25, -0.2) is 0 Å². The van der Waals surface area contributed by atoms with Crippen LogP contribution in [-0.4, -0.2) is 47.8 Å². The van der Waals surface area contributed by atoms with E-state index in [1.165, 1.54) is 18.2 Å². The van der Waals surface area contributed by atoms with E-state index >= 15 is 0 Å². The SMILES string of the molecule is O=C(c1cc([N+](=O)[O-])ccc1Cl)N1CCC2(CC1)OCCO2. The van der Waals surface area contributed by atoms with E-state index in [0.717, 1.165) is 0 Å². The Hall–Kier alpha value is -1.70. The Balaban J connectivity index is 1.75. The third kappa shape index (κ3) is 2.79. The molecule has 1 aromatic carbocycles. The molecule has 2 heterocycles. The fraction of sp³-hybridized carbons (Fsp3) is 0.500. The van der Waals surface area contributed by atoms with Crippen molar-refractivity contribution in [3.63, 3.8) is 0 Å². The van der Waals surface area contributed by atoms with E-state index in [9.17, 15) is 14.9 Å². The van der Waals surface area contributed by atoms with E-state index < -0.39 is 10.7 Å². The van der Waals surface area contributed by atoms with Crippen LogP contribution in [0.1, 0.15) is 23.2 Å². The Morgan fingerprint density at radius 1 is 1.27 bits per heavy atom. The highest BCUT2D eigenvalue weighted by molar-refractivity contribution is 6.33. The molecule has 1 spiro atoms. The molecule has 0 unspecified atom stereocenters. The molecule has 2 fully saturated rings. The van der Waals surface area contributed by atoms with Gasteiger partial charge in [0.05, 0.1) is 28.7 Å². The number of piperidine rings is 1. The highest BCUT2D eigenvalue weighted by atomic mass is 35.5. The maximum atomic E-state index is 12.5. The maximum absolute atomic E-state index is 12.5. The summed E-state index contributed by atoms with van der Waals surface area (Å²) in [5.74, 6) is -0.870. The first-order valence-electron chi connectivity index (χ1n) is 7.02. The predicted octanol–water partition coefficient (Wildman–Crippen LogP) is 2.23. The molecule has 3 rings (SSSR count). The number of nitro groups is 1. The average Bonchev–Trinajstić information content (AvgIpc) is 2.96. The van der Waals surface area contributed by atoms with Crippen molar-refractivity contribution in [2.45, 2.75) is 18.6 Å². The molecule has 0 saturated carbocycles. The summed E-state index contributed by atoms with van der Waals surface area (Å²) >= 11 is 6.02. The normalized spacial score (nSPS) is 20.3. The second-order valence-corrected chi connectivity index (χ2v) is 5.73. The van der Waals surface area contributed by atoms with E-state index in [2.05, 4.69) is 0 Å². The molecule has 0 N–H and O–H groups in total. The van der Waals surface area contributed by atoms with Gasteiger partial charge in [-0.15, -0.1) is 0 Å². The number of amides is 1. The number of carbonyl (C=O) groups is 1. The van der Waals surface area contributed by atoms with E-state index in [4.69, 9.17) is 21.1 Å². The highest BCUT2D eigenvalue weighted by Crippen LogP contribution is 2.32. The monoisotopic (exact) mass is 326 g/mol. The van der Waals surface area contributed by atoms with Gasteiger partial charge < -0.3 is 14.4 Å². The summed E-state index contributed by atoms with van der Waals surface area (Å²) in [7, 11) is 0. The van der Waals surface area contributed by atoms with Crippen molar-refractivity contribution < 1.29 is 19.2 Å². The van der Waals surface area contributed by atoms with Crippen LogP contribution in [-0.2, 0) is 9.47 Å². The van der Waals surface area contributed by atoms with Gasteiger partial charge in [0.2, 0.25) is 0 Å². The zero-order chi connectivity index (χ0) is 15.7. The molecule has 0 radical (unpaired) electrons. The van der Waals surface area contributed by atoms with Gasteiger partial charge in [0.25, 0.3) is 11.6 Å². The number of halogens is 1. The van der Waals surface area contributed by atoms with Crippen LogP contribution in [0.15, 0.2) is 18.2 Å². The Morgan fingerprint density at radius 3 is 2.50 bits per heavy atom. The molecule has 7 nitrogen and oxygen atoms in total. The minimum atomic E-state index is -0.566. The number of nitrogens with zero attached hydrogens (tertiary/aromatic N) is 2. The summed E-state index contributed by atoms with van der Waals surface area (Å²) in [6, 6.07) is 3.88. The topological polar surface area (TPSA) is 81.9 Å². The predicted molar refractivity (Wildman–Crippen MR) is 77.9 cm³/mol. The Morgan fingerprint density at radius 2 is 1.91 bits per heavy atom. The number of hydrogen-bond donors (Lipinski definition) is 0. The summed E-state index contributed by atoms with van der Waals surface area (Å²) in [5.41, 5.74) is 0.00349. The molecule has 118 valence electrons. The van der Waals surface area contributed by atoms with Crippen LogP contribution < -0.4 is 0 Å². The first-order valence-corrected chi connectivity index (χ1v) is 7.40. The lowest BCUT2D eigenvalue weighted by atomic mass is 10.0. The van der Waals surface area contributed by atoms with Gasteiger partial charge in [-0.2, -0.15) is 0 Å². The fourth-order valence-electron chi connectivity index (χ4n) is 2.80. The molecule has 22 heavy (non-hydrogen) atoms. The van der Waals surface area contributed by atoms with Gasteiger partial charge in [-0.1, -0.05) is 11.6 Å². The van der Waals surface area contributed by atoms with Gasteiger partial charge >= 0.3 is 0 Å². The van der Waals surface area contributed by atoms with Gasteiger partial charge in [-0.05, 0) is 6.07 Å². The number of nitro benzene ring substituents is 1. The number of rotatable bonds is 2. The second kappa shape index (κ2) is 5.83. The van der Waals surface area contributed by atoms with Crippen LogP contribution in [0, 0.1) is 10.1 Å². The summed E-state index contributed by atoms with van der Waals surface area (Å²) < 4.78 is 11.2. The van der Waals surface area contributed by atoms with Crippen molar-refractivity contribution in [2.24, 2.45) is 0 Å². The van der Waals surface area contributed by atoms with Gasteiger partial charge in [0, 0.05) is 38.1 Å². The van der Waals surface area contributed by atoms with Gasteiger partial charge in [-0.3, -0.25) is 14.9 Å². The number of hydrogen-bond acceptors (Lipinski definition) is 5. The van der Waals surface area contributed by atoms with E-state index in [-0.39, 0.29) is 22.2 Å². The molecule has 2 aliphatic rings. The Bertz CT molecular complexity index is 605. The minimum Gasteiger partial charge on any atom is -0.347 e. The lowest BCUT2D eigenvalue weighted by Gasteiger charge is -2.37. The van der Waals surface area contributed by atoms with Crippen LogP contribution in [0.25, 0.3) is 0 Å². The van der Waals surface area contributed by atoms with Gasteiger partial charge in [0.15, 0.2) is 5.79 Å². The van der Waals surface area contributed by atoms with Crippen molar-refractivity contribution >= 4 is 23.2 Å². The number of carbonyl (C=O) groups excluding carboxylic acids is 1. The van der Waals surface area contributed by atoms with E-state index in [1.54, 1.807) is 4.90 Å². The molecule has 2 aliphatic heterocycles. The smallest absolute Gasteiger partial charge is 0.270 e. The standard InChI is InChI=1S/C14H15ClN2O5/c15-12-2-1-10(17(19)20)9-11(12)13(18)16-5-3-14(4-6-16)21-7-8-22-14/h1-2,9H,3-8H2. The lowest BCUT2D eigenvalue weighted by Crippen LogP contribution is -2.47. The first-order chi connectivity index (χ1) is 10.5. The van der Waals surface area contributed by atoms with Crippen molar-refractivity contribution in [1.82, 2.24) is 4.90 Å². The lowest BCUT2D eigenvalue weighted by molar-refractivity contribution is -0.384. The average molecular weight is 327 g/mol. The largest absolute Gasteiger partial charge is 0.347 e. The summed E-state index contributed by atoms with van der Waals surface area (Å²) in [6.07, 6.45) is 1.18. The number of benzene rings is 1. The fourth-order valence-corrected chi connectivity index (χ4v) is 3.00. The zero-order valence-corrected chi connectivity index (χ0v) is 12.5. The third-order valence-corrected chi connectivity index (χ3v) is 4.35. The Kier molecular flexibility index (Phi) is 4.03. The molecule has 0 aromatic heterocycles. The molecule has 1 aromatic rings. The van der Waals surface area contributed by atoms with Crippen molar-refractivity contribution in [2.75, 3.05) is 26.3 Å². The Labute approximate surface area is 131 Å². The van der Waals surface area contributed by atoms with Crippen molar-refractivity contribution in [3.05, 3.63) is 38.9 Å². The van der Waals surface area contributed by atoms with Crippen LogP contribution >= 0.6 is 11.6 Å². The zero-order valence-electron chi connectivity index (χ0n) is 11.8. The number of ether oxygens (including phenoxy) is 2. The number of non-ortho nitro benzene ring substituents is 1. The van der Waals surface area contributed by atoms with E-state index in [0.29, 0.717) is 39.1 Å². The number of likely N-dealkylation sites (tertiary alicyclic amines) is 1. The van der Waals surface area contributed by atoms with Gasteiger partial charge in [0.1, 0.15) is 0 Å². The van der Waals surface area contributed by atoms with Crippen LogP contribution in [0.3, 0.4) is 0 Å². The maximum Gasteiger partial charge on any atom is 0.270 e. The summed E-state index contributed by atoms with van der Waals surface area (Å²) in [6.45, 7) is 2.09. The minimum absolute atomic E-state index is 0.149. The van der Waals surface area contributed by atoms with Crippen LogP contribution in [0.5, 0.6) is 0 Å². The summed E-state index contributed by atoms with van der Waals surface area (Å²) in [5, 5.41) is 11.0. The highest BCUT2D eigenvalue weighted by Gasteiger charge is 2.41. The first kappa shape index (κ1) is 15.2. The van der Waals surface area contributed by atoms with Crippen LogP contribution in [0.2, 0.25) is 5.02 Å². The quantitative estimate of drug-likeness (QED) is 0.615. The summed E-state index contributed by atoms with van der Waals surface area (Å²) in [4.78, 5) is 24.5. The van der Waals surface area contributed by atoms with Crippen molar-refractivity contribution in [3.8, 4) is 0 Å². The molecular weight excluding hydrogens is 312 g/mol. The molecular formula is C14H15ClN2O5. The third-order valence-electron chi connectivity index (χ3n) is 4.02. The molecule has 0 atom stereocenters. The second-order valence-electron chi connectivity index (χ2n) is 5.32. The van der Waals surface area contributed by atoms with Crippen LogP contribution in [0.4, 0.5) is 5.69 Å². The molecule has 2 saturated heterocycles. The van der Waals surface area contributed by atoms with E-state index in [1.807, 2.05) is 0 Å².